The first kappa shape index (κ1) is 10.4. The second-order valence-electron chi connectivity index (χ2n) is 2.88. The first-order chi connectivity index (χ1) is 6.27. The van der Waals surface area contributed by atoms with Gasteiger partial charge in [-0.05, 0) is 31.0 Å². The van der Waals surface area contributed by atoms with Crippen molar-refractivity contribution in [1.82, 2.24) is 0 Å². The standard InChI is InChI=1S/C11H15ClO/c1-3-11(12)9-5-7-10(8-6-9)13-4-2/h5-8,11H,3-4H2,1-2H3. The number of benzene rings is 1. The molecule has 0 aromatic heterocycles. The maximum absolute atomic E-state index is 6.08. The topological polar surface area (TPSA) is 9.23 Å². The molecule has 0 aliphatic rings. The van der Waals surface area contributed by atoms with E-state index >= 15 is 0 Å². The van der Waals surface area contributed by atoms with Crippen molar-refractivity contribution in [2.24, 2.45) is 0 Å². The zero-order chi connectivity index (χ0) is 9.68. The first-order valence-corrected chi connectivity index (χ1v) is 5.08. The third-order valence-electron chi connectivity index (χ3n) is 1.91. The zero-order valence-corrected chi connectivity index (χ0v) is 8.84. The maximum Gasteiger partial charge on any atom is 0.119 e. The molecular weight excluding hydrogens is 184 g/mol. The van der Waals surface area contributed by atoms with Gasteiger partial charge in [0.05, 0.1) is 12.0 Å². The van der Waals surface area contributed by atoms with E-state index in [1.807, 2.05) is 31.2 Å². The number of hydrogen-bond donors (Lipinski definition) is 0. The molecule has 0 heterocycles. The van der Waals surface area contributed by atoms with Crippen LogP contribution in [0.5, 0.6) is 5.75 Å². The minimum atomic E-state index is 0.121. The van der Waals surface area contributed by atoms with Crippen LogP contribution in [-0.4, -0.2) is 6.61 Å². The first-order valence-electron chi connectivity index (χ1n) is 4.64. The average Bonchev–Trinajstić information content (AvgIpc) is 2.18. The Kier molecular flexibility index (Phi) is 4.10. The van der Waals surface area contributed by atoms with Gasteiger partial charge in [-0.2, -0.15) is 0 Å². The molecule has 0 fully saturated rings. The van der Waals surface area contributed by atoms with Gasteiger partial charge < -0.3 is 4.74 Å². The van der Waals surface area contributed by atoms with Crippen molar-refractivity contribution in [3.63, 3.8) is 0 Å². The van der Waals surface area contributed by atoms with E-state index in [1.165, 1.54) is 0 Å². The molecule has 1 unspecified atom stereocenters. The Labute approximate surface area is 84.7 Å². The molecule has 1 nitrogen and oxygen atoms in total. The highest BCUT2D eigenvalue weighted by Gasteiger charge is 2.04. The molecule has 0 aliphatic heterocycles. The molecule has 0 aliphatic carbocycles. The van der Waals surface area contributed by atoms with Crippen LogP contribution in [0.2, 0.25) is 0 Å². The summed E-state index contributed by atoms with van der Waals surface area (Å²) in [6.07, 6.45) is 0.954. The quantitative estimate of drug-likeness (QED) is 0.670. The largest absolute Gasteiger partial charge is 0.494 e. The molecule has 72 valence electrons. The minimum Gasteiger partial charge on any atom is -0.494 e. The molecule has 0 radical (unpaired) electrons. The van der Waals surface area contributed by atoms with Crippen LogP contribution in [0.3, 0.4) is 0 Å². The van der Waals surface area contributed by atoms with E-state index in [1.54, 1.807) is 0 Å². The predicted octanol–water partition coefficient (Wildman–Crippen LogP) is 3.78. The molecule has 0 N–H and O–H groups in total. The Bertz CT molecular complexity index is 243. The van der Waals surface area contributed by atoms with Crippen molar-refractivity contribution in [1.29, 1.82) is 0 Å². The lowest BCUT2D eigenvalue weighted by atomic mass is 10.1. The maximum atomic E-state index is 6.08. The summed E-state index contributed by atoms with van der Waals surface area (Å²) in [5.74, 6) is 0.909. The summed E-state index contributed by atoms with van der Waals surface area (Å²) in [6.45, 7) is 4.76. The van der Waals surface area contributed by atoms with Crippen molar-refractivity contribution in [3.05, 3.63) is 29.8 Å². The van der Waals surface area contributed by atoms with Gasteiger partial charge in [-0.25, -0.2) is 0 Å². The minimum absolute atomic E-state index is 0.121. The van der Waals surface area contributed by atoms with Crippen LogP contribution < -0.4 is 4.74 Å². The lowest BCUT2D eigenvalue weighted by Gasteiger charge is -2.08. The van der Waals surface area contributed by atoms with Gasteiger partial charge in [-0.1, -0.05) is 19.1 Å². The number of ether oxygens (including phenoxy) is 1. The molecule has 0 bridgehead atoms. The molecule has 0 saturated carbocycles. The lowest BCUT2D eigenvalue weighted by Crippen LogP contribution is -1.92. The van der Waals surface area contributed by atoms with Crippen LogP contribution in [-0.2, 0) is 0 Å². The van der Waals surface area contributed by atoms with E-state index in [4.69, 9.17) is 16.3 Å². The summed E-state index contributed by atoms with van der Waals surface area (Å²) in [5.41, 5.74) is 1.16. The van der Waals surface area contributed by atoms with Gasteiger partial charge in [0.15, 0.2) is 0 Å². The summed E-state index contributed by atoms with van der Waals surface area (Å²) in [5, 5.41) is 0.121. The molecule has 0 spiro atoms. The molecule has 2 heteroatoms. The lowest BCUT2D eigenvalue weighted by molar-refractivity contribution is 0.340. The molecule has 1 aromatic rings. The Hall–Kier alpha value is -0.690. The van der Waals surface area contributed by atoms with E-state index in [2.05, 4.69) is 6.92 Å². The van der Waals surface area contributed by atoms with Crippen molar-refractivity contribution in [2.45, 2.75) is 25.6 Å². The predicted molar refractivity (Wildman–Crippen MR) is 56.5 cm³/mol. The summed E-state index contributed by atoms with van der Waals surface area (Å²) in [7, 11) is 0. The Morgan fingerprint density at radius 3 is 2.31 bits per heavy atom. The Balaban J connectivity index is 2.69. The van der Waals surface area contributed by atoms with Gasteiger partial charge in [0, 0.05) is 0 Å². The second-order valence-corrected chi connectivity index (χ2v) is 3.40. The van der Waals surface area contributed by atoms with Crippen molar-refractivity contribution >= 4 is 11.6 Å². The van der Waals surface area contributed by atoms with Crippen LogP contribution in [0.4, 0.5) is 0 Å². The molecule has 0 amide bonds. The van der Waals surface area contributed by atoms with Crippen LogP contribution in [0, 0.1) is 0 Å². The van der Waals surface area contributed by atoms with Gasteiger partial charge in [0.2, 0.25) is 0 Å². The third-order valence-corrected chi connectivity index (χ3v) is 2.47. The Morgan fingerprint density at radius 1 is 1.23 bits per heavy atom. The van der Waals surface area contributed by atoms with Gasteiger partial charge in [-0.15, -0.1) is 11.6 Å². The van der Waals surface area contributed by atoms with E-state index in [0.717, 1.165) is 17.7 Å². The molecule has 1 rings (SSSR count). The summed E-state index contributed by atoms with van der Waals surface area (Å²) < 4.78 is 5.33. The van der Waals surface area contributed by atoms with E-state index in [-0.39, 0.29) is 5.38 Å². The van der Waals surface area contributed by atoms with Crippen LogP contribution in [0.1, 0.15) is 31.2 Å². The van der Waals surface area contributed by atoms with Crippen LogP contribution >= 0.6 is 11.6 Å². The highest BCUT2D eigenvalue weighted by molar-refractivity contribution is 6.20. The third kappa shape index (κ3) is 2.92. The summed E-state index contributed by atoms with van der Waals surface area (Å²) in [6, 6.07) is 7.96. The second kappa shape index (κ2) is 5.13. The number of alkyl halides is 1. The Morgan fingerprint density at radius 2 is 1.85 bits per heavy atom. The SMILES string of the molecule is CCOc1ccc(C(Cl)CC)cc1. The molecule has 1 aromatic carbocycles. The number of rotatable bonds is 4. The van der Waals surface area contributed by atoms with E-state index < -0.39 is 0 Å². The molecule has 0 saturated heterocycles. The van der Waals surface area contributed by atoms with Crippen molar-refractivity contribution in [2.75, 3.05) is 6.61 Å². The van der Waals surface area contributed by atoms with Gasteiger partial charge in [-0.3, -0.25) is 0 Å². The monoisotopic (exact) mass is 198 g/mol. The summed E-state index contributed by atoms with van der Waals surface area (Å²) >= 11 is 6.08. The van der Waals surface area contributed by atoms with E-state index in [0.29, 0.717) is 6.61 Å². The van der Waals surface area contributed by atoms with Crippen molar-refractivity contribution < 1.29 is 4.74 Å². The van der Waals surface area contributed by atoms with Gasteiger partial charge in [0.1, 0.15) is 5.75 Å². The molecule has 1 atom stereocenters. The number of hydrogen-bond acceptors (Lipinski definition) is 1. The van der Waals surface area contributed by atoms with Crippen LogP contribution in [0.15, 0.2) is 24.3 Å². The van der Waals surface area contributed by atoms with Gasteiger partial charge >= 0.3 is 0 Å². The average molecular weight is 199 g/mol. The molecular formula is C11H15ClO. The van der Waals surface area contributed by atoms with Crippen LogP contribution in [0.25, 0.3) is 0 Å². The fourth-order valence-corrected chi connectivity index (χ4v) is 1.32. The normalized spacial score (nSPS) is 12.5. The van der Waals surface area contributed by atoms with Gasteiger partial charge in [0.25, 0.3) is 0 Å². The van der Waals surface area contributed by atoms with Crippen molar-refractivity contribution in [3.8, 4) is 5.75 Å². The number of halogens is 1. The van der Waals surface area contributed by atoms with E-state index in [9.17, 15) is 0 Å². The summed E-state index contributed by atoms with van der Waals surface area (Å²) in [4.78, 5) is 0. The molecule has 13 heavy (non-hydrogen) atoms. The fourth-order valence-electron chi connectivity index (χ4n) is 1.18. The highest BCUT2D eigenvalue weighted by atomic mass is 35.5. The zero-order valence-electron chi connectivity index (χ0n) is 8.09. The fraction of sp³-hybridized carbons (Fsp3) is 0.455. The smallest absolute Gasteiger partial charge is 0.119 e. The highest BCUT2D eigenvalue weighted by Crippen LogP contribution is 2.25.